The number of furan rings is 2. The molecular formula is C12H8N6O5. The lowest BCUT2D eigenvalue weighted by atomic mass is 10.4. The molecule has 2 amide bonds. The van der Waals surface area contributed by atoms with E-state index in [1.54, 1.807) is 0 Å². The Morgan fingerprint density at radius 2 is 1.35 bits per heavy atom. The van der Waals surface area contributed by atoms with Crippen LogP contribution in [0.2, 0.25) is 0 Å². The van der Waals surface area contributed by atoms with Crippen LogP contribution in [-0.2, 0) is 18.0 Å². The highest BCUT2D eigenvalue weighted by molar-refractivity contribution is 5.92. The number of azide groups is 2. The third-order valence-corrected chi connectivity index (χ3v) is 2.50. The second kappa shape index (κ2) is 7.48. The Labute approximate surface area is 127 Å². The lowest BCUT2D eigenvalue weighted by Crippen LogP contribution is -1.93. The maximum atomic E-state index is 11.2. The summed E-state index contributed by atoms with van der Waals surface area (Å²) in [7, 11) is 0. The Bertz CT molecular complexity index is 756. The van der Waals surface area contributed by atoms with Crippen LogP contribution in [0.25, 0.3) is 20.9 Å². The van der Waals surface area contributed by atoms with Crippen molar-refractivity contribution < 1.29 is 23.2 Å². The van der Waals surface area contributed by atoms with Gasteiger partial charge in [-0.05, 0) is 45.6 Å². The summed E-state index contributed by atoms with van der Waals surface area (Å²) in [4.78, 5) is 27.2. The molecule has 0 radical (unpaired) electrons. The second-order valence-electron chi connectivity index (χ2n) is 4.01. The highest BCUT2D eigenvalue weighted by atomic mass is 16.5. The molecule has 2 heterocycles. The van der Waals surface area contributed by atoms with Gasteiger partial charge in [0.2, 0.25) is 0 Å². The van der Waals surface area contributed by atoms with Gasteiger partial charge in [-0.25, -0.2) is 0 Å². The topological polar surface area (TPSA) is 167 Å². The van der Waals surface area contributed by atoms with Crippen LogP contribution in [0.3, 0.4) is 0 Å². The van der Waals surface area contributed by atoms with Crippen molar-refractivity contribution in [2.75, 3.05) is 0 Å². The molecule has 2 rings (SSSR count). The van der Waals surface area contributed by atoms with Crippen LogP contribution in [0, 0.1) is 0 Å². The average Bonchev–Trinajstić information content (AvgIpc) is 3.17. The molecule has 11 nitrogen and oxygen atoms in total. The molecule has 2 aromatic heterocycles. The van der Waals surface area contributed by atoms with E-state index in [0.29, 0.717) is 11.5 Å². The first-order valence-corrected chi connectivity index (χ1v) is 6.08. The number of amides is 2. The highest BCUT2D eigenvalue weighted by Gasteiger charge is 2.11. The van der Waals surface area contributed by atoms with E-state index in [0.717, 1.165) is 0 Å². The zero-order chi connectivity index (χ0) is 16.7. The fourth-order valence-corrected chi connectivity index (χ4v) is 1.57. The molecule has 0 saturated carbocycles. The summed E-state index contributed by atoms with van der Waals surface area (Å²) >= 11 is 0. The van der Waals surface area contributed by atoms with E-state index in [-0.39, 0.29) is 24.7 Å². The SMILES string of the molecule is [N-]=[N+]=NC(=O)c1ccc(COCc2ccc(C(=O)N=[N+]=[N-])o2)o1. The quantitative estimate of drug-likeness (QED) is 0.450. The summed E-state index contributed by atoms with van der Waals surface area (Å²) in [5.41, 5.74) is 16.3. The fraction of sp³-hybridized carbons (Fsp3) is 0.167. The predicted molar refractivity (Wildman–Crippen MR) is 72.9 cm³/mol. The van der Waals surface area contributed by atoms with Crippen molar-refractivity contribution in [3.63, 3.8) is 0 Å². The first-order chi connectivity index (χ1) is 11.1. The Balaban J connectivity index is 1.88. The number of ether oxygens (including phenoxy) is 1. The van der Waals surface area contributed by atoms with Gasteiger partial charge in [0.15, 0.2) is 11.5 Å². The molecule has 0 aromatic carbocycles. The number of carbonyl (C=O) groups is 2. The van der Waals surface area contributed by atoms with Gasteiger partial charge in [0.05, 0.1) is 0 Å². The fourth-order valence-electron chi connectivity index (χ4n) is 1.57. The standard InChI is InChI=1S/C12H8N6O5/c13-17-15-11(19)9-3-1-7(22-9)5-21-6-8-2-4-10(23-8)12(20)16-18-14/h1-4H,5-6H2. The second-order valence-corrected chi connectivity index (χ2v) is 4.01. The minimum absolute atomic E-state index is 0.0316. The average molecular weight is 316 g/mol. The van der Waals surface area contributed by atoms with Crippen molar-refractivity contribution in [1.29, 1.82) is 0 Å². The minimum atomic E-state index is -0.828. The molecule has 0 aliphatic carbocycles. The van der Waals surface area contributed by atoms with Crippen molar-refractivity contribution in [1.82, 2.24) is 0 Å². The molecule has 0 bridgehead atoms. The van der Waals surface area contributed by atoms with Crippen LogP contribution in [0.1, 0.15) is 32.6 Å². The first kappa shape index (κ1) is 15.9. The minimum Gasteiger partial charge on any atom is -0.455 e. The Hall–Kier alpha value is -3.52. The molecule has 2 aromatic rings. The summed E-state index contributed by atoms with van der Waals surface area (Å²) in [6.45, 7) is 0.0632. The van der Waals surface area contributed by atoms with E-state index < -0.39 is 11.8 Å². The number of carbonyl (C=O) groups excluding carboxylic acids is 2. The van der Waals surface area contributed by atoms with Crippen LogP contribution >= 0.6 is 0 Å². The van der Waals surface area contributed by atoms with Gasteiger partial charge < -0.3 is 13.6 Å². The molecule has 0 aliphatic heterocycles. The van der Waals surface area contributed by atoms with Crippen LogP contribution in [0.5, 0.6) is 0 Å². The van der Waals surface area contributed by atoms with E-state index in [2.05, 4.69) is 20.1 Å². The molecule has 11 heteroatoms. The molecule has 116 valence electrons. The molecule has 23 heavy (non-hydrogen) atoms. The normalized spacial score (nSPS) is 9.74. The number of hydrogen-bond acceptors (Lipinski definition) is 5. The first-order valence-electron chi connectivity index (χ1n) is 6.08. The van der Waals surface area contributed by atoms with Crippen LogP contribution in [0.4, 0.5) is 0 Å². The van der Waals surface area contributed by atoms with Gasteiger partial charge in [-0.3, -0.25) is 9.59 Å². The van der Waals surface area contributed by atoms with Gasteiger partial charge in [-0.15, -0.1) is 0 Å². The van der Waals surface area contributed by atoms with Gasteiger partial charge in [0.1, 0.15) is 24.7 Å². The zero-order valence-corrected chi connectivity index (χ0v) is 11.4. The number of hydrogen-bond donors (Lipinski definition) is 0. The maximum absolute atomic E-state index is 11.2. The van der Waals surface area contributed by atoms with E-state index >= 15 is 0 Å². The van der Waals surface area contributed by atoms with Crippen LogP contribution in [0.15, 0.2) is 43.3 Å². The smallest absolute Gasteiger partial charge is 0.284 e. The van der Waals surface area contributed by atoms with Crippen molar-refractivity contribution >= 4 is 11.8 Å². The summed E-state index contributed by atoms with van der Waals surface area (Å²) in [5, 5.41) is 5.79. The maximum Gasteiger partial charge on any atom is 0.284 e. The van der Waals surface area contributed by atoms with Crippen molar-refractivity contribution in [3.8, 4) is 0 Å². The largest absolute Gasteiger partial charge is 0.455 e. The van der Waals surface area contributed by atoms with E-state index in [4.69, 9.17) is 24.6 Å². The molecule has 0 N–H and O–H groups in total. The number of rotatable bonds is 6. The van der Waals surface area contributed by atoms with Gasteiger partial charge in [-0.1, -0.05) is 0 Å². The van der Waals surface area contributed by atoms with Crippen LogP contribution < -0.4 is 0 Å². The van der Waals surface area contributed by atoms with Gasteiger partial charge in [0, 0.05) is 9.82 Å². The monoisotopic (exact) mass is 316 g/mol. The molecule has 0 aliphatic rings. The molecule has 0 fully saturated rings. The van der Waals surface area contributed by atoms with Crippen molar-refractivity contribution in [2.24, 2.45) is 10.2 Å². The van der Waals surface area contributed by atoms with Crippen molar-refractivity contribution in [3.05, 3.63) is 68.2 Å². The summed E-state index contributed by atoms with van der Waals surface area (Å²) < 4.78 is 15.6. The number of nitrogens with zero attached hydrogens (tertiary/aromatic N) is 6. The zero-order valence-electron chi connectivity index (χ0n) is 11.4. The summed E-state index contributed by atoms with van der Waals surface area (Å²) in [5.74, 6) is -1.16. The highest BCUT2D eigenvalue weighted by Crippen LogP contribution is 2.14. The molecule has 0 saturated heterocycles. The summed E-state index contributed by atoms with van der Waals surface area (Å²) in [6.07, 6.45) is 0. The molecule has 0 atom stereocenters. The van der Waals surface area contributed by atoms with E-state index in [1.807, 2.05) is 0 Å². The van der Waals surface area contributed by atoms with Gasteiger partial charge in [0.25, 0.3) is 11.8 Å². The third-order valence-electron chi connectivity index (χ3n) is 2.50. The summed E-state index contributed by atoms with van der Waals surface area (Å²) in [6, 6.07) is 5.72. The van der Waals surface area contributed by atoms with E-state index in [1.165, 1.54) is 24.3 Å². The lowest BCUT2D eigenvalue weighted by Gasteiger charge is -1.99. The van der Waals surface area contributed by atoms with Crippen LogP contribution in [-0.4, -0.2) is 11.8 Å². The van der Waals surface area contributed by atoms with E-state index in [9.17, 15) is 9.59 Å². The predicted octanol–water partition coefficient (Wildman–Crippen LogP) is 3.49. The van der Waals surface area contributed by atoms with Gasteiger partial charge in [-0.2, -0.15) is 0 Å². The van der Waals surface area contributed by atoms with Crippen molar-refractivity contribution in [2.45, 2.75) is 13.2 Å². The Morgan fingerprint density at radius 3 is 1.74 bits per heavy atom. The molecule has 0 unspecified atom stereocenters. The molecule has 0 spiro atoms. The lowest BCUT2D eigenvalue weighted by molar-refractivity contribution is 0.0762. The van der Waals surface area contributed by atoms with Gasteiger partial charge >= 0.3 is 0 Å². The Kier molecular flexibility index (Phi) is 5.16. The Morgan fingerprint density at radius 1 is 0.913 bits per heavy atom. The third kappa shape index (κ3) is 4.22. The molecular weight excluding hydrogens is 308 g/mol.